The van der Waals surface area contributed by atoms with Gasteiger partial charge in [0.15, 0.2) is 0 Å². The number of hydrogen-bond acceptors (Lipinski definition) is 2. The Morgan fingerprint density at radius 1 is 1.44 bits per heavy atom. The van der Waals surface area contributed by atoms with Gasteiger partial charge < -0.3 is 10.6 Å². The summed E-state index contributed by atoms with van der Waals surface area (Å²) in [5.74, 6) is 0.874. The summed E-state index contributed by atoms with van der Waals surface area (Å²) >= 11 is 0. The van der Waals surface area contributed by atoms with Gasteiger partial charge in [-0.15, -0.1) is 0 Å². The largest absolute Gasteiger partial charge is 0.356 e. The van der Waals surface area contributed by atoms with Gasteiger partial charge in [0.1, 0.15) is 0 Å². The minimum absolute atomic E-state index is 0.134. The van der Waals surface area contributed by atoms with Crippen LogP contribution in [0.4, 0.5) is 0 Å². The van der Waals surface area contributed by atoms with Gasteiger partial charge in [0.25, 0.3) is 0 Å². The lowest BCUT2D eigenvalue weighted by Crippen LogP contribution is -2.28. The summed E-state index contributed by atoms with van der Waals surface area (Å²) in [6.45, 7) is 5.08. The van der Waals surface area contributed by atoms with Crippen LogP contribution in [0, 0.1) is 12.8 Å². The Labute approximate surface area is 109 Å². The first kappa shape index (κ1) is 13.1. The second kappa shape index (κ2) is 6.55. The molecule has 3 nitrogen and oxygen atoms in total. The summed E-state index contributed by atoms with van der Waals surface area (Å²) < 4.78 is 0. The molecule has 0 saturated carbocycles. The molecule has 0 aliphatic carbocycles. The Kier molecular flexibility index (Phi) is 4.76. The highest BCUT2D eigenvalue weighted by molar-refractivity contribution is 5.78. The van der Waals surface area contributed by atoms with Crippen molar-refractivity contribution in [2.24, 2.45) is 5.92 Å². The van der Waals surface area contributed by atoms with Crippen LogP contribution in [0.15, 0.2) is 24.3 Å². The summed E-state index contributed by atoms with van der Waals surface area (Å²) in [5.41, 5.74) is 2.31. The number of carbonyl (C=O) groups is 1. The van der Waals surface area contributed by atoms with E-state index in [9.17, 15) is 4.79 Å². The molecule has 1 unspecified atom stereocenters. The third-order valence-electron chi connectivity index (χ3n) is 3.65. The van der Waals surface area contributed by atoms with Gasteiger partial charge in [0.2, 0.25) is 5.91 Å². The predicted molar refractivity (Wildman–Crippen MR) is 73.5 cm³/mol. The van der Waals surface area contributed by atoms with Crippen LogP contribution in [0.5, 0.6) is 0 Å². The maximum atomic E-state index is 11.8. The van der Waals surface area contributed by atoms with E-state index in [2.05, 4.69) is 10.6 Å². The minimum Gasteiger partial charge on any atom is -0.356 e. The number of rotatable bonds is 5. The molecule has 0 aromatic heterocycles. The van der Waals surface area contributed by atoms with E-state index in [1.807, 2.05) is 31.2 Å². The maximum Gasteiger partial charge on any atom is 0.224 e. The van der Waals surface area contributed by atoms with Gasteiger partial charge in [0.05, 0.1) is 6.42 Å². The van der Waals surface area contributed by atoms with Crippen LogP contribution >= 0.6 is 0 Å². The fourth-order valence-electron chi connectivity index (χ4n) is 2.42. The summed E-state index contributed by atoms with van der Waals surface area (Å²) in [7, 11) is 0. The van der Waals surface area contributed by atoms with Crippen molar-refractivity contribution in [2.75, 3.05) is 19.6 Å². The van der Waals surface area contributed by atoms with Crippen molar-refractivity contribution in [3.63, 3.8) is 0 Å². The molecule has 2 rings (SSSR count). The summed E-state index contributed by atoms with van der Waals surface area (Å²) in [6.07, 6.45) is 2.83. The number of benzene rings is 1. The van der Waals surface area contributed by atoms with E-state index in [1.54, 1.807) is 0 Å². The lowest BCUT2D eigenvalue weighted by molar-refractivity contribution is -0.120. The van der Waals surface area contributed by atoms with Crippen LogP contribution in [0.3, 0.4) is 0 Å². The van der Waals surface area contributed by atoms with E-state index in [1.165, 1.54) is 12.0 Å². The first-order valence-corrected chi connectivity index (χ1v) is 6.77. The standard InChI is InChI=1S/C15H22N2O/c1-12-4-2-3-5-14(12)10-15(18)17-9-7-13-6-8-16-11-13/h2-5,13,16H,6-11H2,1H3,(H,17,18). The molecule has 1 heterocycles. The van der Waals surface area contributed by atoms with Crippen molar-refractivity contribution in [3.05, 3.63) is 35.4 Å². The molecular formula is C15H22N2O. The van der Waals surface area contributed by atoms with Crippen LogP contribution in [-0.2, 0) is 11.2 Å². The Bertz CT molecular complexity index is 397. The van der Waals surface area contributed by atoms with Gasteiger partial charge in [0, 0.05) is 6.54 Å². The topological polar surface area (TPSA) is 41.1 Å². The molecular weight excluding hydrogens is 224 g/mol. The van der Waals surface area contributed by atoms with Gasteiger partial charge in [-0.05, 0) is 49.9 Å². The average molecular weight is 246 g/mol. The molecule has 1 fully saturated rings. The van der Waals surface area contributed by atoms with Gasteiger partial charge in [-0.25, -0.2) is 0 Å². The van der Waals surface area contributed by atoms with Crippen molar-refractivity contribution in [3.8, 4) is 0 Å². The third kappa shape index (κ3) is 3.84. The molecule has 1 saturated heterocycles. The highest BCUT2D eigenvalue weighted by atomic mass is 16.1. The highest BCUT2D eigenvalue weighted by Gasteiger charge is 2.14. The van der Waals surface area contributed by atoms with Crippen molar-refractivity contribution < 1.29 is 4.79 Å². The molecule has 1 amide bonds. The molecule has 1 aliphatic rings. The van der Waals surface area contributed by atoms with E-state index in [4.69, 9.17) is 0 Å². The number of amides is 1. The average Bonchev–Trinajstić information content (AvgIpc) is 2.85. The van der Waals surface area contributed by atoms with Crippen molar-refractivity contribution in [1.82, 2.24) is 10.6 Å². The molecule has 0 spiro atoms. The Hall–Kier alpha value is -1.35. The highest BCUT2D eigenvalue weighted by Crippen LogP contribution is 2.11. The fraction of sp³-hybridized carbons (Fsp3) is 0.533. The second-order valence-electron chi connectivity index (χ2n) is 5.10. The molecule has 1 aromatic rings. The van der Waals surface area contributed by atoms with Gasteiger partial charge in [-0.3, -0.25) is 4.79 Å². The molecule has 3 heteroatoms. The van der Waals surface area contributed by atoms with Crippen molar-refractivity contribution >= 4 is 5.91 Å². The molecule has 1 atom stereocenters. The van der Waals surface area contributed by atoms with E-state index in [-0.39, 0.29) is 5.91 Å². The monoisotopic (exact) mass is 246 g/mol. The van der Waals surface area contributed by atoms with Crippen LogP contribution in [0.2, 0.25) is 0 Å². The minimum atomic E-state index is 0.134. The lowest BCUT2D eigenvalue weighted by atomic mass is 10.0. The van der Waals surface area contributed by atoms with Gasteiger partial charge >= 0.3 is 0 Å². The Balaban J connectivity index is 1.70. The number of carbonyl (C=O) groups excluding carboxylic acids is 1. The van der Waals surface area contributed by atoms with E-state index in [0.29, 0.717) is 6.42 Å². The zero-order chi connectivity index (χ0) is 12.8. The van der Waals surface area contributed by atoms with Gasteiger partial charge in [-0.2, -0.15) is 0 Å². The van der Waals surface area contributed by atoms with Crippen molar-refractivity contribution in [1.29, 1.82) is 0 Å². The van der Waals surface area contributed by atoms with Crippen LogP contribution in [0.25, 0.3) is 0 Å². The zero-order valence-electron chi connectivity index (χ0n) is 11.0. The van der Waals surface area contributed by atoms with E-state index < -0.39 is 0 Å². The smallest absolute Gasteiger partial charge is 0.224 e. The maximum absolute atomic E-state index is 11.8. The molecule has 0 radical (unpaired) electrons. The first-order valence-electron chi connectivity index (χ1n) is 6.77. The van der Waals surface area contributed by atoms with Crippen LogP contribution in [0.1, 0.15) is 24.0 Å². The van der Waals surface area contributed by atoms with E-state index >= 15 is 0 Å². The molecule has 98 valence electrons. The summed E-state index contributed by atoms with van der Waals surface area (Å²) in [5, 5.41) is 6.36. The molecule has 1 aliphatic heterocycles. The van der Waals surface area contributed by atoms with E-state index in [0.717, 1.165) is 37.5 Å². The molecule has 2 N–H and O–H groups in total. The number of hydrogen-bond donors (Lipinski definition) is 2. The zero-order valence-corrected chi connectivity index (χ0v) is 11.0. The second-order valence-corrected chi connectivity index (χ2v) is 5.10. The lowest BCUT2D eigenvalue weighted by Gasteiger charge is -2.10. The summed E-state index contributed by atoms with van der Waals surface area (Å²) in [6, 6.07) is 8.06. The van der Waals surface area contributed by atoms with Gasteiger partial charge in [-0.1, -0.05) is 24.3 Å². The van der Waals surface area contributed by atoms with Crippen LogP contribution < -0.4 is 10.6 Å². The predicted octanol–water partition coefficient (Wildman–Crippen LogP) is 1.65. The third-order valence-corrected chi connectivity index (χ3v) is 3.65. The Morgan fingerprint density at radius 3 is 3.00 bits per heavy atom. The van der Waals surface area contributed by atoms with Crippen molar-refractivity contribution in [2.45, 2.75) is 26.2 Å². The SMILES string of the molecule is Cc1ccccc1CC(=O)NCCC1CCNC1. The summed E-state index contributed by atoms with van der Waals surface area (Å²) in [4.78, 5) is 11.8. The fourth-order valence-corrected chi connectivity index (χ4v) is 2.42. The number of aryl methyl sites for hydroxylation is 1. The quantitative estimate of drug-likeness (QED) is 0.829. The Morgan fingerprint density at radius 2 is 2.28 bits per heavy atom. The molecule has 1 aromatic carbocycles. The number of nitrogens with one attached hydrogen (secondary N) is 2. The molecule has 0 bridgehead atoms. The first-order chi connectivity index (χ1) is 8.75. The normalized spacial score (nSPS) is 18.8. The molecule has 18 heavy (non-hydrogen) atoms. The van der Waals surface area contributed by atoms with Crippen LogP contribution in [-0.4, -0.2) is 25.5 Å².